The van der Waals surface area contributed by atoms with Crippen LogP contribution in [-0.4, -0.2) is 38.4 Å². The van der Waals surface area contributed by atoms with Crippen molar-refractivity contribution in [1.29, 1.82) is 0 Å². The number of carbonyl (C=O) groups is 1. The number of rotatable bonds is 5. The lowest BCUT2D eigenvalue weighted by Gasteiger charge is -2.16. The van der Waals surface area contributed by atoms with E-state index in [2.05, 4.69) is 20.4 Å². The van der Waals surface area contributed by atoms with Gasteiger partial charge in [-0.1, -0.05) is 47.4 Å². The van der Waals surface area contributed by atoms with Crippen molar-refractivity contribution in [2.75, 3.05) is 13.1 Å². The minimum atomic E-state index is -0.298. The van der Waals surface area contributed by atoms with Crippen molar-refractivity contribution in [3.8, 4) is 0 Å². The highest BCUT2D eigenvalue weighted by atomic mass is 32.2. The molecule has 1 aliphatic rings. The summed E-state index contributed by atoms with van der Waals surface area (Å²) in [5, 5.41) is 11.9. The summed E-state index contributed by atoms with van der Waals surface area (Å²) < 4.78 is 13.7. The SMILES string of the molecule is O=C(NCc1ccc(F)cc1)c1nnc(CSC(=S)N2CCCC2)s1. The van der Waals surface area contributed by atoms with Gasteiger partial charge in [-0.25, -0.2) is 4.39 Å². The lowest BCUT2D eigenvalue weighted by molar-refractivity contribution is 0.0950. The number of hydrogen-bond donors (Lipinski definition) is 1. The summed E-state index contributed by atoms with van der Waals surface area (Å²) in [7, 11) is 0. The third kappa shape index (κ3) is 5.20. The van der Waals surface area contributed by atoms with Gasteiger partial charge in [0, 0.05) is 19.6 Å². The molecule has 1 aromatic carbocycles. The minimum absolute atomic E-state index is 0.278. The molecule has 0 spiro atoms. The van der Waals surface area contributed by atoms with Crippen LogP contribution >= 0.6 is 35.3 Å². The molecule has 1 fully saturated rings. The number of likely N-dealkylation sites (tertiary alicyclic amines) is 1. The molecule has 9 heteroatoms. The first kappa shape index (κ1) is 18.2. The molecule has 1 N–H and O–H groups in total. The Kier molecular flexibility index (Phi) is 6.33. The van der Waals surface area contributed by atoms with E-state index in [1.165, 1.54) is 36.3 Å². The molecule has 0 saturated carbocycles. The molecule has 1 saturated heterocycles. The van der Waals surface area contributed by atoms with Gasteiger partial charge in [-0.3, -0.25) is 4.79 Å². The molecule has 1 amide bonds. The van der Waals surface area contributed by atoms with E-state index in [4.69, 9.17) is 12.2 Å². The first-order chi connectivity index (χ1) is 12.1. The van der Waals surface area contributed by atoms with E-state index in [1.807, 2.05) is 0 Å². The summed E-state index contributed by atoms with van der Waals surface area (Å²) in [5.74, 6) is 0.0477. The molecule has 132 valence electrons. The van der Waals surface area contributed by atoms with Crippen LogP contribution in [0.4, 0.5) is 4.39 Å². The molecule has 0 radical (unpaired) electrons. The van der Waals surface area contributed by atoms with Crippen molar-refractivity contribution < 1.29 is 9.18 Å². The standard InChI is InChI=1S/C16H17FN4OS3/c17-12-5-3-11(4-6-12)9-18-14(22)15-20-19-13(25-15)10-24-16(23)21-7-1-2-8-21/h3-6H,1-2,7-10H2,(H,18,22). The molecular weight excluding hydrogens is 379 g/mol. The van der Waals surface area contributed by atoms with Crippen LogP contribution in [0.2, 0.25) is 0 Å². The Morgan fingerprint density at radius 3 is 2.72 bits per heavy atom. The Morgan fingerprint density at radius 1 is 1.28 bits per heavy atom. The van der Waals surface area contributed by atoms with Crippen LogP contribution in [0, 0.1) is 5.82 Å². The smallest absolute Gasteiger partial charge is 0.282 e. The number of nitrogens with zero attached hydrogens (tertiary/aromatic N) is 3. The van der Waals surface area contributed by atoms with E-state index < -0.39 is 0 Å². The molecule has 5 nitrogen and oxygen atoms in total. The van der Waals surface area contributed by atoms with E-state index in [0.717, 1.165) is 28.0 Å². The number of thioether (sulfide) groups is 1. The summed E-state index contributed by atoms with van der Waals surface area (Å²) in [6.07, 6.45) is 2.38. The molecule has 1 aliphatic heterocycles. The fraction of sp³-hybridized carbons (Fsp3) is 0.375. The molecule has 0 unspecified atom stereocenters. The molecule has 0 atom stereocenters. The number of carbonyl (C=O) groups excluding carboxylic acids is 1. The van der Waals surface area contributed by atoms with Gasteiger partial charge >= 0.3 is 0 Å². The summed E-state index contributed by atoms with van der Waals surface area (Å²) in [6, 6.07) is 6.00. The van der Waals surface area contributed by atoms with E-state index >= 15 is 0 Å². The van der Waals surface area contributed by atoms with E-state index in [1.54, 1.807) is 23.9 Å². The summed E-state index contributed by atoms with van der Waals surface area (Å²) in [5.41, 5.74) is 0.825. The fourth-order valence-electron chi connectivity index (χ4n) is 2.38. The van der Waals surface area contributed by atoms with Gasteiger partial charge in [0.05, 0.1) is 5.75 Å². The van der Waals surface area contributed by atoms with E-state index in [-0.39, 0.29) is 11.7 Å². The number of benzene rings is 1. The predicted molar refractivity (Wildman–Crippen MR) is 102 cm³/mol. The number of hydrogen-bond acceptors (Lipinski definition) is 6. The predicted octanol–water partition coefficient (Wildman–Crippen LogP) is 3.22. The Bertz CT molecular complexity index is 744. The zero-order chi connectivity index (χ0) is 17.6. The van der Waals surface area contributed by atoms with Crippen molar-refractivity contribution >= 4 is 45.5 Å². The zero-order valence-electron chi connectivity index (χ0n) is 13.4. The molecule has 1 aromatic heterocycles. The minimum Gasteiger partial charge on any atom is -0.358 e. The lowest BCUT2D eigenvalue weighted by atomic mass is 10.2. The molecular formula is C16H17FN4OS3. The second-order valence-electron chi connectivity index (χ2n) is 5.56. The topological polar surface area (TPSA) is 58.1 Å². The summed E-state index contributed by atoms with van der Waals surface area (Å²) in [4.78, 5) is 14.3. The van der Waals surface area contributed by atoms with Crippen LogP contribution in [0.5, 0.6) is 0 Å². The van der Waals surface area contributed by atoms with Gasteiger partial charge in [-0.2, -0.15) is 0 Å². The second-order valence-corrected chi connectivity index (χ2v) is 8.23. The monoisotopic (exact) mass is 396 g/mol. The molecule has 3 rings (SSSR count). The van der Waals surface area contributed by atoms with Gasteiger partial charge in [0.25, 0.3) is 5.91 Å². The number of halogens is 1. The maximum atomic E-state index is 12.9. The highest BCUT2D eigenvalue weighted by Crippen LogP contribution is 2.22. The van der Waals surface area contributed by atoms with Gasteiger partial charge < -0.3 is 10.2 Å². The Balaban J connectivity index is 1.47. The highest BCUT2D eigenvalue weighted by molar-refractivity contribution is 8.22. The van der Waals surface area contributed by atoms with Crippen LogP contribution < -0.4 is 5.32 Å². The number of nitrogens with one attached hydrogen (secondary N) is 1. The van der Waals surface area contributed by atoms with Crippen molar-refractivity contribution in [3.63, 3.8) is 0 Å². The Labute approximate surface area is 159 Å². The van der Waals surface area contributed by atoms with Crippen LogP contribution in [0.3, 0.4) is 0 Å². The Morgan fingerprint density at radius 2 is 2.00 bits per heavy atom. The average molecular weight is 397 g/mol. The molecule has 2 heterocycles. The van der Waals surface area contributed by atoms with Gasteiger partial charge in [-0.15, -0.1) is 10.2 Å². The van der Waals surface area contributed by atoms with Crippen molar-refractivity contribution in [3.05, 3.63) is 45.7 Å². The van der Waals surface area contributed by atoms with Crippen LogP contribution in [0.25, 0.3) is 0 Å². The zero-order valence-corrected chi connectivity index (χ0v) is 15.9. The second kappa shape index (κ2) is 8.68. The molecule has 2 aromatic rings. The highest BCUT2D eigenvalue weighted by Gasteiger charge is 2.17. The van der Waals surface area contributed by atoms with Crippen LogP contribution in [0.15, 0.2) is 24.3 Å². The quantitative estimate of drug-likeness (QED) is 0.783. The van der Waals surface area contributed by atoms with Gasteiger partial charge in [0.2, 0.25) is 5.01 Å². The van der Waals surface area contributed by atoms with Crippen LogP contribution in [0.1, 0.15) is 33.2 Å². The first-order valence-electron chi connectivity index (χ1n) is 7.88. The Hall–Kier alpha value is -1.58. The van der Waals surface area contributed by atoms with Crippen molar-refractivity contribution in [2.45, 2.75) is 25.1 Å². The van der Waals surface area contributed by atoms with Crippen LogP contribution in [-0.2, 0) is 12.3 Å². The number of thiocarbonyl (C=S) groups is 1. The number of aromatic nitrogens is 2. The van der Waals surface area contributed by atoms with Gasteiger partial charge in [-0.05, 0) is 30.5 Å². The maximum absolute atomic E-state index is 12.9. The van der Waals surface area contributed by atoms with Gasteiger partial charge in [0.15, 0.2) is 0 Å². The largest absolute Gasteiger partial charge is 0.358 e. The molecule has 0 aliphatic carbocycles. The lowest BCUT2D eigenvalue weighted by Crippen LogP contribution is -2.23. The summed E-state index contributed by atoms with van der Waals surface area (Å²) >= 11 is 8.25. The number of amides is 1. The summed E-state index contributed by atoms with van der Waals surface area (Å²) in [6.45, 7) is 2.37. The average Bonchev–Trinajstić information content (AvgIpc) is 3.30. The molecule has 0 bridgehead atoms. The third-order valence-electron chi connectivity index (χ3n) is 3.71. The normalized spacial score (nSPS) is 13.9. The van der Waals surface area contributed by atoms with Gasteiger partial charge in [0.1, 0.15) is 15.1 Å². The van der Waals surface area contributed by atoms with E-state index in [0.29, 0.717) is 17.3 Å². The van der Waals surface area contributed by atoms with E-state index in [9.17, 15) is 9.18 Å². The maximum Gasteiger partial charge on any atom is 0.282 e. The van der Waals surface area contributed by atoms with Crippen molar-refractivity contribution in [1.82, 2.24) is 20.4 Å². The molecule has 25 heavy (non-hydrogen) atoms. The third-order valence-corrected chi connectivity index (χ3v) is 6.35. The van der Waals surface area contributed by atoms with Crippen molar-refractivity contribution in [2.24, 2.45) is 0 Å². The fourth-order valence-corrected chi connectivity index (χ4v) is 4.37. The first-order valence-corrected chi connectivity index (χ1v) is 10.1.